The van der Waals surface area contributed by atoms with E-state index in [1.807, 2.05) is 45.0 Å². The van der Waals surface area contributed by atoms with Crippen LogP contribution in [0.1, 0.15) is 38.4 Å². The first-order valence-electron chi connectivity index (χ1n) is 6.44. The maximum Gasteiger partial charge on any atom is 0.182 e. The monoisotopic (exact) mass is 278 g/mol. The van der Waals surface area contributed by atoms with E-state index in [1.165, 1.54) is 10.9 Å². The summed E-state index contributed by atoms with van der Waals surface area (Å²) in [6.07, 6.45) is 1.35. The van der Waals surface area contributed by atoms with Crippen molar-refractivity contribution in [1.29, 1.82) is 10.5 Å². The SMILES string of the molecule is Cc1cc(C)c(C(=O)Cn2cnc(C#N)c2C#N)cc1C. The number of aromatic nitrogens is 2. The number of rotatable bonds is 3. The van der Waals surface area contributed by atoms with Gasteiger partial charge in [-0.1, -0.05) is 6.07 Å². The number of hydrogen-bond acceptors (Lipinski definition) is 4. The summed E-state index contributed by atoms with van der Waals surface area (Å²) in [5.74, 6) is -0.103. The summed E-state index contributed by atoms with van der Waals surface area (Å²) in [6.45, 7) is 5.84. The van der Waals surface area contributed by atoms with E-state index in [-0.39, 0.29) is 23.7 Å². The first-order chi connectivity index (χ1) is 9.97. The van der Waals surface area contributed by atoms with Gasteiger partial charge in [-0.2, -0.15) is 10.5 Å². The first-order valence-corrected chi connectivity index (χ1v) is 6.44. The van der Waals surface area contributed by atoms with Gasteiger partial charge in [-0.15, -0.1) is 0 Å². The van der Waals surface area contributed by atoms with Gasteiger partial charge in [-0.05, 0) is 43.5 Å². The van der Waals surface area contributed by atoms with E-state index in [1.54, 1.807) is 0 Å². The number of nitriles is 2. The van der Waals surface area contributed by atoms with Crippen molar-refractivity contribution in [2.45, 2.75) is 27.3 Å². The Labute approximate surface area is 123 Å². The Morgan fingerprint density at radius 2 is 1.81 bits per heavy atom. The number of carbonyl (C=O) groups is 1. The smallest absolute Gasteiger partial charge is 0.182 e. The van der Waals surface area contributed by atoms with E-state index in [4.69, 9.17) is 10.5 Å². The zero-order valence-electron chi connectivity index (χ0n) is 12.1. The highest BCUT2D eigenvalue weighted by atomic mass is 16.1. The summed E-state index contributed by atoms with van der Waals surface area (Å²) >= 11 is 0. The molecule has 0 aliphatic heterocycles. The molecule has 0 saturated carbocycles. The third-order valence-corrected chi connectivity index (χ3v) is 3.50. The molecule has 0 radical (unpaired) electrons. The van der Waals surface area contributed by atoms with Crippen molar-refractivity contribution in [2.24, 2.45) is 0 Å². The Balaban J connectivity index is 2.36. The van der Waals surface area contributed by atoms with E-state index in [0.29, 0.717) is 5.56 Å². The molecule has 0 unspecified atom stereocenters. The van der Waals surface area contributed by atoms with Crippen molar-refractivity contribution in [3.05, 3.63) is 52.1 Å². The Morgan fingerprint density at radius 1 is 1.14 bits per heavy atom. The van der Waals surface area contributed by atoms with Gasteiger partial charge in [0.2, 0.25) is 0 Å². The van der Waals surface area contributed by atoms with Gasteiger partial charge in [-0.25, -0.2) is 4.98 Å². The van der Waals surface area contributed by atoms with Gasteiger partial charge < -0.3 is 4.57 Å². The lowest BCUT2D eigenvalue weighted by molar-refractivity contribution is 0.0971. The van der Waals surface area contributed by atoms with Crippen LogP contribution >= 0.6 is 0 Å². The molecule has 1 aromatic heterocycles. The van der Waals surface area contributed by atoms with E-state index >= 15 is 0 Å². The number of hydrogen-bond donors (Lipinski definition) is 0. The molecule has 0 amide bonds. The molecule has 0 spiro atoms. The lowest BCUT2D eigenvalue weighted by Crippen LogP contribution is -2.13. The largest absolute Gasteiger partial charge is 0.313 e. The standard InChI is InChI=1S/C16H14N4O/c1-10-4-12(3)13(5-11(10)2)16(21)8-20-9-19-14(6-17)15(20)7-18/h4-5,9H,8H2,1-3H3. The van der Waals surface area contributed by atoms with Gasteiger partial charge in [0, 0.05) is 5.56 Å². The van der Waals surface area contributed by atoms with E-state index in [2.05, 4.69) is 4.98 Å². The fourth-order valence-corrected chi connectivity index (χ4v) is 2.20. The third-order valence-electron chi connectivity index (χ3n) is 3.50. The van der Waals surface area contributed by atoms with Crippen molar-refractivity contribution >= 4 is 5.78 Å². The van der Waals surface area contributed by atoms with Crippen LogP contribution in [0.3, 0.4) is 0 Å². The number of Topliss-reactive ketones (excluding diaryl/α,β-unsaturated/α-hetero) is 1. The fourth-order valence-electron chi connectivity index (χ4n) is 2.20. The molecule has 0 atom stereocenters. The predicted octanol–water partition coefficient (Wildman–Crippen LogP) is 2.43. The van der Waals surface area contributed by atoms with Crippen LogP contribution in [0.4, 0.5) is 0 Å². The molecule has 104 valence electrons. The molecule has 0 bridgehead atoms. The van der Waals surface area contributed by atoms with Crippen LogP contribution in [0.2, 0.25) is 0 Å². The Kier molecular flexibility index (Phi) is 3.86. The minimum atomic E-state index is -0.103. The van der Waals surface area contributed by atoms with Crippen molar-refractivity contribution in [2.75, 3.05) is 0 Å². The number of aryl methyl sites for hydroxylation is 3. The van der Waals surface area contributed by atoms with Crippen LogP contribution < -0.4 is 0 Å². The maximum atomic E-state index is 12.4. The fraction of sp³-hybridized carbons (Fsp3) is 0.250. The molecule has 1 aromatic carbocycles. The molecule has 0 N–H and O–H groups in total. The Hall–Kier alpha value is -2.92. The molecular formula is C16H14N4O. The molecule has 5 heteroatoms. The summed E-state index contributed by atoms with van der Waals surface area (Å²) in [4.78, 5) is 16.3. The quantitative estimate of drug-likeness (QED) is 0.807. The Morgan fingerprint density at radius 3 is 2.43 bits per heavy atom. The minimum Gasteiger partial charge on any atom is -0.313 e. The lowest BCUT2D eigenvalue weighted by atomic mass is 9.98. The van der Waals surface area contributed by atoms with Crippen LogP contribution in [-0.2, 0) is 6.54 Å². The van der Waals surface area contributed by atoms with E-state index < -0.39 is 0 Å². The van der Waals surface area contributed by atoms with Crippen LogP contribution in [-0.4, -0.2) is 15.3 Å². The van der Waals surface area contributed by atoms with Crippen molar-refractivity contribution in [3.63, 3.8) is 0 Å². The molecule has 0 aliphatic rings. The number of ketones is 1. The van der Waals surface area contributed by atoms with Crippen molar-refractivity contribution in [1.82, 2.24) is 9.55 Å². The molecule has 2 aromatic rings. The zero-order valence-corrected chi connectivity index (χ0v) is 12.1. The van der Waals surface area contributed by atoms with Crippen LogP contribution in [0.15, 0.2) is 18.5 Å². The average molecular weight is 278 g/mol. The molecule has 1 heterocycles. The topological polar surface area (TPSA) is 82.5 Å². The van der Waals surface area contributed by atoms with Gasteiger partial charge in [0.05, 0.1) is 12.9 Å². The van der Waals surface area contributed by atoms with E-state index in [9.17, 15) is 4.79 Å². The molecule has 2 rings (SSSR count). The second kappa shape index (κ2) is 5.60. The summed E-state index contributed by atoms with van der Waals surface area (Å²) < 4.78 is 1.41. The van der Waals surface area contributed by atoms with E-state index in [0.717, 1.165) is 16.7 Å². The van der Waals surface area contributed by atoms with Gasteiger partial charge in [0.1, 0.15) is 12.1 Å². The minimum absolute atomic E-state index is 0.000907. The summed E-state index contributed by atoms with van der Waals surface area (Å²) in [5.41, 5.74) is 3.88. The number of benzene rings is 1. The zero-order chi connectivity index (χ0) is 15.6. The molecule has 5 nitrogen and oxygen atoms in total. The molecule has 21 heavy (non-hydrogen) atoms. The van der Waals surface area contributed by atoms with Crippen molar-refractivity contribution in [3.8, 4) is 12.1 Å². The number of carbonyl (C=O) groups excluding carboxylic acids is 1. The van der Waals surface area contributed by atoms with Crippen molar-refractivity contribution < 1.29 is 4.79 Å². The van der Waals surface area contributed by atoms with Crippen LogP contribution in [0, 0.1) is 43.4 Å². The highest BCUT2D eigenvalue weighted by Crippen LogP contribution is 2.17. The molecule has 0 fully saturated rings. The van der Waals surface area contributed by atoms with Gasteiger partial charge in [0.25, 0.3) is 0 Å². The number of nitrogens with zero attached hydrogens (tertiary/aromatic N) is 4. The normalized spacial score (nSPS) is 9.95. The molecule has 0 aliphatic carbocycles. The highest BCUT2D eigenvalue weighted by molar-refractivity contribution is 5.97. The summed E-state index contributed by atoms with van der Waals surface area (Å²) in [7, 11) is 0. The Bertz CT molecular complexity index is 803. The van der Waals surface area contributed by atoms with Gasteiger partial charge in [0.15, 0.2) is 17.2 Å². The molecular weight excluding hydrogens is 264 g/mol. The third kappa shape index (κ3) is 2.68. The summed E-state index contributed by atoms with van der Waals surface area (Å²) in [5, 5.41) is 17.9. The second-order valence-electron chi connectivity index (χ2n) is 4.97. The van der Waals surface area contributed by atoms with Gasteiger partial charge in [-0.3, -0.25) is 4.79 Å². The predicted molar refractivity (Wildman–Crippen MR) is 76.6 cm³/mol. The summed E-state index contributed by atoms with van der Waals surface area (Å²) in [6, 6.07) is 7.59. The second-order valence-corrected chi connectivity index (χ2v) is 4.97. The van der Waals surface area contributed by atoms with Gasteiger partial charge >= 0.3 is 0 Å². The number of imidazole rings is 1. The maximum absolute atomic E-state index is 12.4. The average Bonchev–Trinajstić information content (AvgIpc) is 2.84. The first kappa shape index (κ1) is 14.5. The lowest BCUT2D eigenvalue weighted by Gasteiger charge is -2.09. The van der Waals surface area contributed by atoms with Crippen LogP contribution in [0.25, 0.3) is 0 Å². The highest BCUT2D eigenvalue weighted by Gasteiger charge is 2.16. The molecule has 0 saturated heterocycles. The van der Waals surface area contributed by atoms with Crippen LogP contribution in [0.5, 0.6) is 0 Å².